The van der Waals surface area contributed by atoms with Gasteiger partial charge in [0.15, 0.2) is 0 Å². The van der Waals surface area contributed by atoms with Crippen LogP contribution in [0, 0.1) is 0 Å². The fraction of sp³-hybridized carbons (Fsp3) is 0. The number of rotatable bonds is 0. The summed E-state index contributed by atoms with van der Waals surface area (Å²) in [6, 6.07) is 0. The minimum absolute atomic E-state index is 0. The van der Waals surface area contributed by atoms with Crippen LogP contribution in [0.1, 0.15) is 0 Å². The molecule has 0 aromatic rings. The molecule has 0 rings (SSSR count). The molecule has 0 aliphatic heterocycles. The number of hydrogen-bond donors (Lipinski definition) is 0. The van der Waals surface area contributed by atoms with E-state index < -0.39 is 0 Å². The second kappa shape index (κ2) is 39.7. The molecule has 0 fully saturated rings. The molecule has 0 saturated heterocycles. The van der Waals surface area contributed by atoms with Gasteiger partial charge < -0.3 is 0 Å². The van der Waals surface area contributed by atoms with Gasteiger partial charge in [-0.05, 0) is 0 Å². The Hall–Kier alpha value is 3.42. The molecule has 46 valence electrons. The van der Waals surface area contributed by atoms with Crippen LogP contribution in [0.5, 0.6) is 0 Å². The smallest absolute Gasteiger partial charge is 0 e. The molecule has 0 heterocycles. The van der Waals surface area contributed by atoms with E-state index >= 15 is 0 Å². The van der Waals surface area contributed by atoms with Gasteiger partial charge in [-0.25, -0.2) is 0 Å². The van der Waals surface area contributed by atoms with Crippen molar-refractivity contribution in [2.24, 2.45) is 0 Å². The third-order valence-corrected chi connectivity index (χ3v) is 0. The Kier molecular flexibility index (Phi) is 378. The number of hydrogen-bond acceptors (Lipinski definition) is 0. The third kappa shape index (κ3) is 26.2. The molecule has 0 aliphatic rings. The van der Waals surface area contributed by atoms with Crippen molar-refractivity contribution >= 4 is 0 Å². The average molecular weight is 505 g/mol. The van der Waals surface area contributed by atoms with Gasteiger partial charge in [-0.15, -0.1) is 0 Å². The Morgan fingerprint density at radius 2 is 0.833 bits per heavy atom. The summed E-state index contributed by atoms with van der Waals surface area (Å²) >= 11 is 0. The third-order valence-electron chi connectivity index (χ3n) is 0. The molecule has 0 aliphatic carbocycles. The van der Waals surface area contributed by atoms with E-state index in [9.17, 15) is 0 Å². The maximum Gasteiger partial charge on any atom is 0 e. The van der Waals surface area contributed by atoms with Gasteiger partial charge in [0.2, 0.25) is 0 Å². The molecule has 0 nitrogen and oxygen atoms in total. The van der Waals surface area contributed by atoms with Gasteiger partial charge in [-0.3, -0.25) is 0 Å². The molecular formula is CrFeMoNi2W. The van der Waals surface area contributed by atoms with Crippen LogP contribution in [-0.2, 0) is 110 Å². The zero-order valence-electron chi connectivity index (χ0n) is 2.21. The maximum absolute atomic E-state index is 0. The molecule has 0 spiro atoms. The molecule has 0 atom stereocenters. The van der Waals surface area contributed by atoms with Crippen LogP contribution in [0.2, 0.25) is 0 Å². The first-order chi connectivity index (χ1) is 0. The van der Waals surface area contributed by atoms with Crippen LogP contribution in [0.4, 0.5) is 0 Å². The van der Waals surface area contributed by atoms with E-state index in [0.717, 1.165) is 0 Å². The monoisotopic (exact) mass is 506 g/mol. The van der Waals surface area contributed by atoms with Gasteiger partial charge in [-0.1, -0.05) is 0 Å². The van der Waals surface area contributed by atoms with Gasteiger partial charge in [0.25, 0.3) is 0 Å². The van der Waals surface area contributed by atoms with E-state index in [2.05, 4.69) is 0 Å². The molecule has 0 saturated carbocycles. The van der Waals surface area contributed by atoms with Crippen molar-refractivity contribution in [2.75, 3.05) is 0 Å². The van der Waals surface area contributed by atoms with Crippen molar-refractivity contribution in [2.45, 2.75) is 0 Å². The predicted molar refractivity (Wildman–Crippen MR) is 0 cm³/mol. The SMILES string of the molecule is [Cr].[Fe].[Mo].[Ni].[Ni].[W]. The maximum atomic E-state index is 0. The second-order valence-electron chi connectivity index (χ2n) is 0. The normalized spacial score (nSPS) is 0. The average Bonchev–Trinajstić information content (AvgIpc) is 0. The molecule has 0 bridgehead atoms. The zero-order chi connectivity index (χ0) is 0. The van der Waals surface area contributed by atoms with Crippen LogP contribution >= 0.6 is 0 Å². The molecule has 0 aromatic heterocycles. The predicted octanol–water partition coefficient (Wildman–Crippen LogP) is -0.0150. The first-order valence-corrected chi connectivity index (χ1v) is 0. The molecule has 0 amide bonds. The fourth-order valence-corrected chi connectivity index (χ4v) is 0. The minimum Gasteiger partial charge on any atom is 0 e. The Labute approximate surface area is 108 Å². The van der Waals surface area contributed by atoms with Gasteiger partial charge in [0.05, 0.1) is 0 Å². The molecule has 0 N–H and O–H groups in total. The van der Waals surface area contributed by atoms with Crippen molar-refractivity contribution in [3.63, 3.8) is 0 Å². The summed E-state index contributed by atoms with van der Waals surface area (Å²) in [6.07, 6.45) is 0. The van der Waals surface area contributed by atoms with Crippen molar-refractivity contribution in [1.82, 2.24) is 0 Å². The van der Waals surface area contributed by atoms with E-state index in [0.29, 0.717) is 0 Å². The topological polar surface area (TPSA) is 0 Å². The molecule has 0 aromatic carbocycles. The van der Waals surface area contributed by atoms with Crippen molar-refractivity contribution in [1.29, 1.82) is 0 Å². The van der Waals surface area contributed by atoms with E-state index in [1.165, 1.54) is 0 Å². The Balaban J connectivity index is 0. The Morgan fingerprint density at radius 1 is 0.833 bits per heavy atom. The van der Waals surface area contributed by atoms with E-state index in [4.69, 9.17) is 0 Å². The van der Waals surface area contributed by atoms with Crippen LogP contribution in [0.25, 0.3) is 0 Å². The molecule has 6 heteroatoms. The summed E-state index contributed by atoms with van der Waals surface area (Å²) in [7, 11) is 0. The summed E-state index contributed by atoms with van der Waals surface area (Å²) in [5.41, 5.74) is 0. The summed E-state index contributed by atoms with van der Waals surface area (Å²) in [6.45, 7) is 0. The van der Waals surface area contributed by atoms with Gasteiger partial charge in [0.1, 0.15) is 0 Å². The molecular weight excluding hydrogens is 505 g/mol. The van der Waals surface area contributed by atoms with Crippen molar-refractivity contribution in [3.8, 4) is 0 Å². The van der Waals surface area contributed by atoms with Crippen LogP contribution in [-0.4, -0.2) is 0 Å². The van der Waals surface area contributed by atoms with Crippen molar-refractivity contribution in [3.05, 3.63) is 0 Å². The first-order valence-electron chi connectivity index (χ1n) is 0. The van der Waals surface area contributed by atoms with E-state index in [1.807, 2.05) is 0 Å². The quantitative estimate of drug-likeness (QED) is 0.407. The Bertz CT molecular complexity index is 13.5. The van der Waals surface area contributed by atoms with Crippen LogP contribution < -0.4 is 0 Å². The Morgan fingerprint density at radius 3 is 0.833 bits per heavy atom. The second-order valence-corrected chi connectivity index (χ2v) is 0. The van der Waals surface area contributed by atoms with E-state index in [1.54, 1.807) is 0 Å². The van der Waals surface area contributed by atoms with Crippen molar-refractivity contribution < 1.29 is 110 Å². The van der Waals surface area contributed by atoms with Gasteiger partial charge in [-0.2, -0.15) is 0 Å². The largest absolute Gasteiger partial charge is 0 e. The van der Waals surface area contributed by atoms with E-state index in [-0.39, 0.29) is 110 Å². The minimum atomic E-state index is 0. The van der Waals surface area contributed by atoms with Crippen LogP contribution in [0.3, 0.4) is 0 Å². The summed E-state index contributed by atoms with van der Waals surface area (Å²) in [5.74, 6) is 0. The molecule has 0 unspecified atom stereocenters. The fourth-order valence-electron chi connectivity index (χ4n) is 0. The zero-order valence-corrected chi connectivity index (χ0v) is 11.5. The van der Waals surface area contributed by atoms with Gasteiger partial charge >= 0.3 is 0 Å². The first kappa shape index (κ1) is 57.2. The van der Waals surface area contributed by atoms with Gasteiger partial charge in [0, 0.05) is 110 Å². The molecule has 6 heavy (non-hydrogen) atoms. The summed E-state index contributed by atoms with van der Waals surface area (Å²) in [5, 5.41) is 0. The standard InChI is InChI=1S/Cr.Fe.Mo.2Ni.W. The summed E-state index contributed by atoms with van der Waals surface area (Å²) in [4.78, 5) is 0. The van der Waals surface area contributed by atoms with Crippen LogP contribution in [0.15, 0.2) is 0 Å². The molecule has 0 radical (unpaired) electrons. The summed E-state index contributed by atoms with van der Waals surface area (Å²) < 4.78 is 0.